The highest BCUT2D eigenvalue weighted by molar-refractivity contribution is 6.37. The monoisotopic (exact) mass is 261 g/mol. The quantitative estimate of drug-likeness (QED) is 0.779. The van der Waals surface area contributed by atoms with Crippen molar-refractivity contribution in [3.05, 3.63) is 16.1 Å². The van der Waals surface area contributed by atoms with E-state index in [9.17, 15) is 5.11 Å². The van der Waals surface area contributed by atoms with Crippen LogP contribution in [0.15, 0.2) is 6.07 Å². The van der Waals surface area contributed by atoms with Gasteiger partial charge in [0.2, 0.25) is 0 Å². The SMILES string of the molecule is CNc1nc(NC2(CO)CC2)c(Cl)cc1Cl. The Bertz CT molecular complexity index is 407. The predicted octanol–water partition coefficient (Wildman–Crippen LogP) is 2.37. The Morgan fingerprint density at radius 1 is 1.38 bits per heavy atom. The van der Waals surface area contributed by atoms with E-state index in [1.165, 1.54) is 0 Å². The summed E-state index contributed by atoms with van der Waals surface area (Å²) in [7, 11) is 1.74. The summed E-state index contributed by atoms with van der Waals surface area (Å²) in [6.45, 7) is 0.0858. The van der Waals surface area contributed by atoms with Crippen molar-refractivity contribution in [1.82, 2.24) is 4.98 Å². The van der Waals surface area contributed by atoms with Gasteiger partial charge in [0.05, 0.1) is 22.2 Å². The maximum Gasteiger partial charge on any atom is 0.147 e. The van der Waals surface area contributed by atoms with Gasteiger partial charge >= 0.3 is 0 Å². The zero-order chi connectivity index (χ0) is 11.8. The molecule has 0 aromatic carbocycles. The Hall–Kier alpha value is -0.710. The third-order valence-electron chi connectivity index (χ3n) is 2.71. The van der Waals surface area contributed by atoms with Gasteiger partial charge in [-0.05, 0) is 18.9 Å². The van der Waals surface area contributed by atoms with Gasteiger partial charge in [0.15, 0.2) is 0 Å². The summed E-state index contributed by atoms with van der Waals surface area (Å²) in [6, 6.07) is 1.64. The maximum absolute atomic E-state index is 9.21. The van der Waals surface area contributed by atoms with Crippen molar-refractivity contribution >= 4 is 34.8 Å². The van der Waals surface area contributed by atoms with Crippen molar-refractivity contribution in [3.63, 3.8) is 0 Å². The summed E-state index contributed by atoms with van der Waals surface area (Å²) in [5, 5.41) is 16.2. The molecule has 4 nitrogen and oxygen atoms in total. The van der Waals surface area contributed by atoms with E-state index in [0.29, 0.717) is 21.7 Å². The van der Waals surface area contributed by atoms with E-state index in [1.54, 1.807) is 13.1 Å². The summed E-state index contributed by atoms with van der Waals surface area (Å²) in [6.07, 6.45) is 1.86. The second-order valence-electron chi connectivity index (χ2n) is 3.96. The number of rotatable bonds is 4. The first kappa shape index (κ1) is 11.8. The normalized spacial score (nSPS) is 17.0. The Morgan fingerprint density at radius 2 is 2.00 bits per heavy atom. The molecule has 3 N–H and O–H groups in total. The van der Waals surface area contributed by atoms with Crippen LogP contribution >= 0.6 is 23.2 Å². The highest BCUT2D eigenvalue weighted by Crippen LogP contribution is 2.40. The van der Waals surface area contributed by atoms with Gasteiger partial charge in [-0.15, -0.1) is 0 Å². The van der Waals surface area contributed by atoms with E-state index >= 15 is 0 Å². The molecule has 1 fully saturated rings. The van der Waals surface area contributed by atoms with Gasteiger partial charge in [0.25, 0.3) is 0 Å². The lowest BCUT2D eigenvalue weighted by Crippen LogP contribution is -2.26. The Labute approximate surface area is 104 Å². The first-order valence-electron chi connectivity index (χ1n) is 5.03. The Balaban J connectivity index is 2.26. The first-order chi connectivity index (χ1) is 7.60. The van der Waals surface area contributed by atoms with Crippen LogP contribution in [0.5, 0.6) is 0 Å². The smallest absolute Gasteiger partial charge is 0.147 e. The summed E-state index contributed by atoms with van der Waals surface area (Å²) in [4.78, 5) is 4.27. The third kappa shape index (κ3) is 2.19. The lowest BCUT2D eigenvalue weighted by atomic mass is 10.3. The van der Waals surface area contributed by atoms with E-state index in [2.05, 4.69) is 15.6 Å². The number of anilines is 2. The molecule has 1 saturated carbocycles. The van der Waals surface area contributed by atoms with Crippen LogP contribution in [0.4, 0.5) is 11.6 Å². The lowest BCUT2D eigenvalue weighted by molar-refractivity contribution is 0.266. The highest BCUT2D eigenvalue weighted by Gasteiger charge is 2.42. The number of hydrogen-bond acceptors (Lipinski definition) is 4. The topological polar surface area (TPSA) is 57.2 Å². The Morgan fingerprint density at radius 3 is 2.50 bits per heavy atom. The number of aromatic nitrogens is 1. The summed E-state index contributed by atoms with van der Waals surface area (Å²) in [5.74, 6) is 1.13. The van der Waals surface area contributed by atoms with Crippen LogP contribution in [0.1, 0.15) is 12.8 Å². The van der Waals surface area contributed by atoms with E-state index in [-0.39, 0.29) is 12.1 Å². The molecule has 1 aliphatic rings. The third-order valence-corrected chi connectivity index (χ3v) is 3.28. The molecule has 0 amide bonds. The first-order valence-corrected chi connectivity index (χ1v) is 5.79. The molecule has 1 heterocycles. The molecule has 1 aliphatic carbocycles. The van der Waals surface area contributed by atoms with Crippen LogP contribution in [0.2, 0.25) is 10.0 Å². The number of nitrogens with zero attached hydrogens (tertiary/aromatic N) is 1. The number of aliphatic hydroxyl groups is 1. The minimum absolute atomic E-state index is 0.0858. The van der Waals surface area contributed by atoms with Crippen molar-refractivity contribution in [1.29, 1.82) is 0 Å². The minimum Gasteiger partial charge on any atom is -0.394 e. The van der Waals surface area contributed by atoms with Crippen LogP contribution in [-0.2, 0) is 0 Å². The lowest BCUT2D eigenvalue weighted by Gasteiger charge is -2.17. The van der Waals surface area contributed by atoms with Gasteiger partial charge in [-0.25, -0.2) is 4.98 Å². The predicted molar refractivity (Wildman–Crippen MR) is 66.5 cm³/mol. The summed E-state index contributed by atoms with van der Waals surface area (Å²) >= 11 is 12.0. The van der Waals surface area contributed by atoms with Crippen LogP contribution in [0, 0.1) is 0 Å². The average Bonchev–Trinajstić information content (AvgIpc) is 3.03. The molecule has 1 aromatic heterocycles. The molecule has 0 bridgehead atoms. The molecule has 16 heavy (non-hydrogen) atoms. The number of pyridine rings is 1. The standard InChI is InChI=1S/C10H13Cl2N3O/c1-13-8-6(11)4-7(12)9(14-8)15-10(5-16)2-3-10/h4,16H,2-3,5H2,1H3,(H2,13,14,15). The fourth-order valence-electron chi connectivity index (χ4n) is 1.45. The van der Waals surface area contributed by atoms with Crippen LogP contribution in [-0.4, -0.2) is 29.3 Å². The van der Waals surface area contributed by atoms with Gasteiger partial charge < -0.3 is 15.7 Å². The van der Waals surface area contributed by atoms with Gasteiger partial charge in [0.1, 0.15) is 11.6 Å². The van der Waals surface area contributed by atoms with E-state index in [4.69, 9.17) is 23.2 Å². The van der Waals surface area contributed by atoms with Gasteiger partial charge in [-0.3, -0.25) is 0 Å². The second-order valence-corrected chi connectivity index (χ2v) is 4.78. The van der Waals surface area contributed by atoms with Crippen molar-refractivity contribution in [2.45, 2.75) is 18.4 Å². The highest BCUT2D eigenvalue weighted by atomic mass is 35.5. The van der Waals surface area contributed by atoms with E-state index in [1.807, 2.05) is 0 Å². The molecule has 0 aliphatic heterocycles. The zero-order valence-electron chi connectivity index (χ0n) is 8.85. The van der Waals surface area contributed by atoms with Gasteiger partial charge in [0, 0.05) is 7.05 Å². The summed E-state index contributed by atoms with van der Waals surface area (Å²) in [5.41, 5.74) is -0.241. The number of halogens is 2. The van der Waals surface area contributed by atoms with E-state index in [0.717, 1.165) is 12.8 Å². The molecule has 88 valence electrons. The second kappa shape index (κ2) is 4.28. The van der Waals surface area contributed by atoms with Crippen LogP contribution < -0.4 is 10.6 Å². The van der Waals surface area contributed by atoms with Crippen LogP contribution in [0.25, 0.3) is 0 Å². The maximum atomic E-state index is 9.21. The number of aliphatic hydroxyl groups excluding tert-OH is 1. The minimum atomic E-state index is -0.241. The fourth-order valence-corrected chi connectivity index (χ4v) is 1.95. The molecular formula is C10H13Cl2N3O. The molecule has 6 heteroatoms. The van der Waals surface area contributed by atoms with Gasteiger partial charge in [-0.2, -0.15) is 0 Å². The van der Waals surface area contributed by atoms with E-state index < -0.39 is 0 Å². The molecule has 0 spiro atoms. The molecular weight excluding hydrogens is 249 g/mol. The fraction of sp³-hybridized carbons (Fsp3) is 0.500. The van der Waals surface area contributed by atoms with Crippen molar-refractivity contribution < 1.29 is 5.11 Å². The molecule has 0 unspecified atom stereocenters. The number of hydrogen-bond donors (Lipinski definition) is 3. The van der Waals surface area contributed by atoms with Crippen molar-refractivity contribution in [2.24, 2.45) is 0 Å². The average molecular weight is 262 g/mol. The largest absolute Gasteiger partial charge is 0.394 e. The Kier molecular flexibility index (Phi) is 3.15. The van der Waals surface area contributed by atoms with Crippen molar-refractivity contribution in [2.75, 3.05) is 24.3 Å². The molecule has 2 rings (SSSR count). The van der Waals surface area contributed by atoms with Gasteiger partial charge in [-0.1, -0.05) is 23.2 Å². The number of nitrogens with one attached hydrogen (secondary N) is 2. The van der Waals surface area contributed by atoms with Crippen LogP contribution in [0.3, 0.4) is 0 Å². The molecule has 0 radical (unpaired) electrons. The zero-order valence-corrected chi connectivity index (χ0v) is 10.4. The molecule has 0 saturated heterocycles. The molecule has 1 aromatic rings. The summed E-state index contributed by atoms with van der Waals surface area (Å²) < 4.78 is 0. The molecule has 0 atom stereocenters. The van der Waals surface area contributed by atoms with Crippen molar-refractivity contribution in [3.8, 4) is 0 Å².